The molecule has 1 aromatic carbocycles. The van der Waals surface area contributed by atoms with Crippen molar-refractivity contribution in [2.75, 3.05) is 6.54 Å². The Hall–Kier alpha value is -2.60. The van der Waals surface area contributed by atoms with E-state index in [9.17, 15) is 9.90 Å². The number of hydrogen-bond donors (Lipinski definition) is 2. The number of benzene rings is 1. The molecule has 3 heterocycles. The molecule has 0 saturated heterocycles. The van der Waals surface area contributed by atoms with E-state index in [0.29, 0.717) is 18.7 Å². The quantitative estimate of drug-likeness (QED) is 0.740. The zero-order valence-corrected chi connectivity index (χ0v) is 15.0. The molecule has 26 heavy (non-hydrogen) atoms. The molecule has 0 atom stereocenters. The smallest absolute Gasteiger partial charge is 0.223 e. The summed E-state index contributed by atoms with van der Waals surface area (Å²) in [6.07, 6.45) is 4.03. The lowest BCUT2D eigenvalue weighted by molar-refractivity contribution is -0.132. The molecular formula is C20H24N4O2. The topological polar surface area (TPSA) is 74.2 Å². The van der Waals surface area contributed by atoms with Crippen LogP contribution in [0.15, 0.2) is 30.5 Å². The Bertz CT molecular complexity index is 941. The van der Waals surface area contributed by atoms with Gasteiger partial charge in [-0.1, -0.05) is 18.2 Å². The Kier molecular flexibility index (Phi) is 4.51. The van der Waals surface area contributed by atoms with Crippen LogP contribution in [0.4, 0.5) is 0 Å². The number of carbonyl (C=O) groups is 1. The van der Waals surface area contributed by atoms with Crippen molar-refractivity contribution in [1.29, 1.82) is 0 Å². The average Bonchev–Trinajstić information content (AvgIpc) is 3.26. The van der Waals surface area contributed by atoms with E-state index in [4.69, 9.17) is 0 Å². The summed E-state index contributed by atoms with van der Waals surface area (Å²) in [7, 11) is 0. The Morgan fingerprint density at radius 1 is 1.35 bits per heavy atom. The highest BCUT2D eigenvalue weighted by Gasteiger charge is 2.26. The molecule has 136 valence electrons. The molecule has 0 aliphatic carbocycles. The van der Waals surface area contributed by atoms with Crippen molar-refractivity contribution in [1.82, 2.24) is 19.7 Å². The lowest BCUT2D eigenvalue weighted by Crippen LogP contribution is -2.36. The highest BCUT2D eigenvalue weighted by Crippen LogP contribution is 2.24. The zero-order valence-electron chi connectivity index (χ0n) is 15.0. The van der Waals surface area contributed by atoms with Crippen LogP contribution < -0.4 is 0 Å². The minimum atomic E-state index is -0.0767. The number of aromatic nitrogens is 3. The van der Waals surface area contributed by atoms with Crippen LogP contribution in [0.3, 0.4) is 0 Å². The van der Waals surface area contributed by atoms with E-state index in [-0.39, 0.29) is 12.5 Å². The first kappa shape index (κ1) is 16.8. The first-order valence-electron chi connectivity index (χ1n) is 9.22. The van der Waals surface area contributed by atoms with Crippen LogP contribution in [0, 0.1) is 0 Å². The number of para-hydroxylation sites is 1. The highest BCUT2D eigenvalue weighted by atomic mass is 16.3. The Balaban J connectivity index is 1.45. The molecule has 0 fully saturated rings. The molecule has 0 unspecified atom stereocenters. The molecule has 1 aliphatic heterocycles. The maximum absolute atomic E-state index is 12.7. The van der Waals surface area contributed by atoms with E-state index in [1.807, 2.05) is 34.8 Å². The number of aliphatic hydroxyl groups excluding tert-OH is 1. The van der Waals surface area contributed by atoms with E-state index in [0.717, 1.165) is 42.7 Å². The van der Waals surface area contributed by atoms with Gasteiger partial charge >= 0.3 is 0 Å². The summed E-state index contributed by atoms with van der Waals surface area (Å²) in [5.74, 6) is 0.161. The summed E-state index contributed by atoms with van der Waals surface area (Å²) in [5.41, 5.74) is 5.19. The van der Waals surface area contributed by atoms with Crippen LogP contribution in [0.25, 0.3) is 10.9 Å². The number of rotatable bonds is 5. The molecule has 1 aliphatic rings. The Morgan fingerprint density at radius 3 is 3.00 bits per heavy atom. The summed E-state index contributed by atoms with van der Waals surface area (Å²) in [6, 6.07) is 8.17. The van der Waals surface area contributed by atoms with E-state index >= 15 is 0 Å². The van der Waals surface area contributed by atoms with Crippen molar-refractivity contribution in [3.8, 4) is 0 Å². The van der Waals surface area contributed by atoms with Gasteiger partial charge in [-0.05, 0) is 25.0 Å². The predicted molar refractivity (Wildman–Crippen MR) is 99.6 cm³/mol. The SMILES string of the molecule is CCn1nc(CO)c2c1CCN(C(=O)CCc1c[nH]c3ccccc13)C2. The fraction of sp³-hybridized carbons (Fsp3) is 0.400. The molecule has 4 rings (SSSR count). The van der Waals surface area contributed by atoms with Crippen molar-refractivity contribution >= 4 is 16.8 Å². The molecule has 2 N–H and O–H groups in total. The second-order valence-electron chi connectivity index (χ2n) is 6.77. The molecule has 0 bridgehead atoms. The molecule has 0 radical (unpaired) electrons. The summed E-state index contributed by atoms with van der Waals surface area (Å²) in [4.78, 5) is 17.9. The van der Waals surface area contributed by atoms with Crippen molar-refractivity contribution < 1.29 is 9.90 Å². The molecule has 1 amide bonds. The number of nitrogens with zero attached hydrogens (tertiary/aromatic N) is 3. The highest BCUT2D eigenvalue weighted by molar-refractivity contribution is 5.84. The van der Waals surface area contributed by atoms with Gasteiger partial charge < -0.3 is 15.0 Å². The van der Waals surface area contributed by atoms with Crippen LogP contribution in [-0.4, -0.2) is 37.2 Å². The number of nitrogens with one attached hydrogen (secondary N) is 1. The number of aliphatic hydroxyl groups is 1. The first-order chi connectivity index (χ1) is 12.7. The van der Waals surface area contributed by atoms with Gasteiger partial charge in [-0.3, -0.25) is 9.48 Å². The molecule has 0 saturated carbocycles. The number of hydrogen-bond acceptors (Lipinski definition) is 3. The molecule has 6 nitrogen and oxygen atoms in total. The van der Waals surface area contributed by atoms with Crippen LogP contribution in [0.5, 0.6) is 0 Å². The summed E-state index contributed by atoms with van der Waals surface area (Å²) in [5, 5.41) is 15.2. The molecule has 3 aromatic rings. The molecule has 2 aromatic heterocycles. The lowest BCUT2D eigenvalue weighted by atomic mass is 10.0. The van der Waals surface area contributed by atoms with E-state index in [1.165, 1.54) is 10.9 Å². The van der Waals surface area contributed by atoms with Crippen LogP contribution in [0.2, 0.25) is 0 Å². The van der Waals surface area contributed by atoms with E-state index in [2.05, 4.69) is 22.2 Å². The van der Waals surface area contributed by atoms with Gasteiger partial charge in [0.05, 0.1) is 12.3 Å². The van der Waals surface area contributed by atoms with Crippen molar-refractivity contribution in [3.63, 3.8) is 0 Å². The second kappa shape index (κ2) is 6.96. The van der Waals surface area contributed by atoms with Gasteiger partial charge in [-0.2, -0.15) is 5.10 Å². The molecular weight excluding hydrogens is 328 g/mol. The first-order valence-corrected chi connectivity index (χ1v) is 9.22. The van der Waals surface area contributed by atoms with Crippen LogP contribution in [0.1, 0.15) is 35.9 Å². The predicted octanol–water partition coefficient (Wildman–Crippen LogP) is 2.39. The fourth-order valence-corrected chi connectivity index (χ4v) is 3.90. The zero-order chi connectivity index (χ0) is 18.1. The van der Waals surface area contributed by atoms with Gasteiger partial charge in [0, 0.05) is 60.8 Å². The standard InChI is InChI=1S/C20H24N4O2/c1-2-24-19-9-10-23(12-16(19)18(13-25)22-24)20(26)8-7-14-11-21-17-6-4-3-5-15(14)17/h3-6,11,21,25H,2,7-10,12-13H2,1H3. The third kappa shape index (κ3) is 2.90. The van der Waals surface area contributed by atoms with Crippen molar-refractivity contribution in [2.45, 2.75) is 45.9 Å². The van der Waals surface area contributed by atoms with Gasteiger partial charge in [-0.25, -0.2) is 0 Å². The van der Waals surface area contributed by atoms with Crippen LogP contribution in [-0.2, 0) is 37.3 Å². The van der Waals surface area contributed by atoms with Gasteiger partial charge in [0.15, 0.2) is 0 Å². The van der Waals surface area contributed by atoms with E-state index < -0.39 is 0 Å². The van der Waals surface area contributed by atoms with Gasteiger partial charge in [0.2, 0.25) is 5.91 Å². The molecule has 0 spiro atoms. The largest absolute Gasteiger partial charge is 0.390 e. The van der Waals surface area contributed by atoms with Gasteiger partial charge in [0.1, 0.15) is 0 Å². The number of aromatic amines is 1. The third-order valence-electron chi connectivity index (χ3n) is 5.30. The third-order valence-corrected chi connectivity index (χ3v) is 5.30. The van der Waals surface area contributed by atoms with Gasteiger partial charge in [0.25, 0.3) is 0 Å². The van der Waals surface area contributed by atoms with Gasteiger partial charge in [-0.15, -0.1) is 0 Å². The number of aryl methyl sites for hydroxylation is 2. The summed E-state index contributed by atoms with van der Waals surface area (Å²) < 4.78 is 1.95. The minimum absolute atomic E-state index is 0.0767. The van der Waals surface area contributed by atoms with Crippen LogP contribution >= 0.6 is 0 Å². The minimum Gasteiger partial charge on any atom is -0.390 e. The maximum Gasteiger partial charge on any atom is 0.223 e. The molecule has 6 heteroatoms. The van der Waals surface area contributed by atoms with Crippen molar-refractivity contribution in [2.24, 2.45) is 0 Å². The Labute approximate surface area is 152 Å². The average molecular weight is 352 g/mol. The van der Waals surface area contributed by atoms with Crippen molar-refractivity contribution in [3.05, 3.63) is 53.0 Å². The number of carbonyl (C=O) groups excluding carboxylic acids is 1. The Morgan fingerprint density at radius 2 is 2.19 bits per heavy atom. The second-order valence-corrected chi connectivity index (χ2v) is 6.77. The normalized spacial score (nSPS) is 14.0. The maximum atomic E-state index is 12.7. The van der Waals surface area contributed by atoms with E-state index in [1.54, 1.807) is 0 Å². The monoisotopic (exact) mass is 352 g/mol. The number of H-pyrrole nitrogens is 1. The number of fused-ring (bicyclic) bond motifs is 2. The summed E-state index contributed by atoms with van der Waals surface area (Å²) in [6.45, 7) is 4.03. The fourth-order valence-electron chi connectivity index (χ4n) is 3.90. The number of amides is 1. The lowest BCUT2D eigenvalue weighted by Gasteiger charge is -2.28. The summed E-state index contributed by atoms with van der Waals surface area (Å²) >= 11 is 0.